The average molecular weight is 350 g/mol. The van der Waals surface area contributed by atoms with Crippen molar-refractivity contribution in [2.75, 3.05) is 21.3 Å². The number of allylic oxidation sites excluding steroid dienone is 1. The number of hydrogen-bond acceptors (Lipinski definition) is 5. The van der Waals surface area contributed by atoms with Gasteiger partial charge < -0.3 is 24.8 Å². The molecule has 1 fully saturated rings. The Morgan fingerprint density at radius 1 is 1.25 bits per heavy atom. The molecule has 1 saturated heterocycles. The third-order valence-corrected chi connectivity index (χ3v) is 4.08. The molecule has 0 unspecified atom stereocenters. The molecule has 1 aromatic carbocycles. The van der Waals surface area contributed by atoms with E-state index in [2.05, 4.69) is 10.6 Å². The fourth-order valence-electron chi connectivity index (χ4n) is 2.76. The molecule has 6 nitrogen and oxygen atoms in total. The first kappa shape index (κ1) is 18.1. The molecule has 0 aliphatic carbocycles. The summed E-state index contributed by atoms with van der Waals surface area (Å²) in [6.45, 7) is 2.00. The first-order valence-electron chi connectivity index (χ1n) is 7.63. The van der Waals surface area contributed by atoms with E-state index in [0.29, 0.717) is 16.6 Å². The molecule has 1 aromatic rings. The van der Waals surface area contributed by atoms with Gasteiger partial charge in [0.15, 0.2) is 16.6 Å². The zero-order chi connectivity index (χ0) is 17.7. The number of rotatable bonds is 5. The van der Waals surface area contributed by atoms with Crippen LogP contribution in [0.25, 0.3) is 0 Å². The molecule has 1 aliphatic rings. The van der Waals surface area contributed by atoms with Gasteiger partial charge >= 0.3 is 5.97 Å². The van der Waals surface area contributed by atoms with E-state index in [-0.39, 0.29) is 12.0 Å². The average Bonchev–Trinajstić information content (AvgIpc) is 2.60. The Balaban J connectivity index is 2.49. The molecule has 130 valence electrons. The van der Waals surface area contributed by atoms with E-state index >= 15 is 0 Å². The normalized spacial score (nSPS) is 21.7. The van der Waals surface area contributed by atoms with Crippen LogP contribution in [0, 0.1) is 5.92 Å². The SMILES string of the molecule is CC/C=C1/NC(=S)N[C@H](c2ccc(OC)c(OC)c2)[C@H]1C(=O)OC. The van der Waals surface area contributed by atoms with Crippen molar-refractivity contribution >= 4 is 23.3 Å². The van der Waals surface area contributed by atoms with E-state index in [1.807, 2.05) is 25.1 Å². The van der Waals surface area contributed by atoms with Crippen molar-refractivity contribution in [2.45, 2.75) is 19.4 Å². The van der Waals surface area contributed by atoms with Gasteiger partial charge in [0, 0.05) is 5.70 Å². The van der Waals surface area contributed by atoms with Crippen LogP contribution in [-0.4, -0.2) is 32.4 Å². The fraction of sp³-hybridized carbons (Fsp3) is 0.412. The number of carbonyl (C=O) groups excluding carboxylic acids is 1. The highest BCUT2D eigenvalue weighted by molar-refractivity contribution is 7.80. The summed E-state index contributed by atoms with van der Waals surface area (Å²) in [5, 5.41) is 6.68. The summed E-state index contributed by atoms with van der Waals surface area (Å²) in [6.07, 6.45) is 2.72. The van der Waals surface area contributed by atoms with Crippen LogP contribution in [0.1, 0.15) is 24.9 Å². The van der Waals surface area contributed by atoms with Crippen molar-refractivity contribution in [2.24, 2.45) is 5.92 Å². The molecule has 7 heteroatoms. The summed E-state index contributed by atoms with van der Waals surface area (Å²) in [5.74, 6) is 0.347. The lowest BCUT2D eigenvalue weighted by Gasteiger charge is -2.35. The van der Waals surface area contributed by atoms with Gasteiger partial charge in [0.05, 0.1) is 27.4 Å². The van der Waals surface area contributed by atoms with Crippen LogP contribution in [0.4, 0.5) is 0 Å². The van der Waals surface area contributed by atoms with E-state index < -0.39 is 5.92 Å². The number of carbonyl (C=O) groups is 1. The van der Waals surface area contributed by atoms with Gasteiger partial charge in [0.2, 0.25) is 0 Å². The van der Waals surface area contributed by atoms with Crippen molar-refractivity contribution in [1.29, 1.82) is 0 Å². The third-order valence-electron chi connectivity index (χ3n) is 3.86. The molecule has 0 bridgehead atoms. The topological polar surface area (TPSA) is 68.8 Å². The summed E-state index contributed by atoms with van der Waals surface area (Å²) in [7, 11) is 4.53. The molecule has 24 heavy (non-hydrogen) atoms. The van der Waals surface area contributed by atoms with Crippen LogP contribution < -0.4 is 20.1 Å². The lowest BCUT2D eigenvalue weighted by Crippen LogP contribution is -2.51. The first-order valence-corrected chi connectivity index (χ1v) is 8.03. The van der Waals surface area contributed by atoms with Crippen molar-refractivity contribution in [1.82, 2.24) is 10.6 Å². The number of thiocarbonyl (C=S) groups is 1. The highest BCUT2D eigenvalue weighted by Crippen LogP contribution is 2.36. The van der Waals surface area contributed by atoms with Gasteiger partial charge in [0.1, 0.15) is 5.92 Å². The lowest BCUT2D eigenvalue weighted by atomic mass is 9.88. The molecule has 0 amide bonds. The largest absolute Gasteiger partial charge is 0.493 e. The summed E-state index contributed by atoms with van der Waals surface area (Å²) in [5.41, 5.74) is 1.60. The van der Waals surface area contributed by atoms with Gasteiger partial charge in [-0.15, -0.1) is 0 Å². The van der Waals surface area contributed by atoms with E-state index in [1.54, 1.807) is 20.3 Å². The highest BCUT2D eigenvalue weighted by atomic mass is 32.1. The van der Waals surface area contributed by atoms with Crippen molar-refractivity contribution in [3.63, 3.8) is 0 Å². The predicted octanol–water partition coefficient (Wildman–Crippen LogP) is 2.31. The van der Waals surface area contributed by atoms with Gasteiger partial charge in [-0.25, -0.2) is 0 Å². The van der Waals surface area contributed by atoms with Crippen LogP contribution in [0.2, 0.25) is 0 Å². The van der Waals surface area contributed by atoms with E-state index in [1.165, 1.54) is 7.11 Å². The molecular weight excluding hydrogens is 328 g/mol. The standard InChI is InChI=1S/C17H22N2O4S/c1-5-6-11-14(16(20)23-4)15(19-17(24)18-11)10-7-8-12(21-2)13(9-10)22-3/h6-9,14-15H,5H2,1-4H3,(H2,18,19,24)/b11-6+/t14-,15+/m0/s1. The molecule has 0 aromatic heterocycles. The monoisotopic (exact) mass is 350 g/mol. The highest BCUT2D eigenvalue weighted by Gasteiger charge is 2.38. The number of methoxy groups -OCH3 is 3. The van der Waals surface area contributed by atoms with Gasteiger partial charge in [0.25, 0.3) is 0 Å². The zero-order valence-electron chi connectivity index (χ0n) is 14.2. The first-order chi connectivity index (χ1) is 11.5. The van der Waals surface area contributed by atoms with Crippen molar-refractivity contribution in [3.05, 3.63) is 35.5 Å². The third kappa shape index (κ3) is 3.62. The molecule has 2 rings (SSSR count). The molecule has 1 aliphatic heterocycles. The van der Waals surface area contributed by atoms with Gasteiger partial charge in [-0.2, -0.15) is 0 Å². The Morgan fingerprint density at radius 3 is 2.54 bits per heavy atom. The van der Waals surface area contributed by atoms with Crippen LogP contribution in [-0.2, 0) is 9.53 Å². The van der Waals surface area contributed by atoms with Crippen molar-refractivity contribution in [3.8, 4) is 11.5 Å². The predicted molar refractivity (Wildman–Crippen MR) is 95.0 cm³/mol. The van der Waals surface area contributed by atoms with Crippen LogP contribution in [0.15, 0.2) is 30.0 Å². The lowest BCUT2D eigenvalue weighted by molar-refractivity contribution is -0.145. The maximum atomic E-state index is 12.4. The van der Waals surface area contributed by atoms with Gasteiger partial charge in [-0.3, -0.25) is 4.79 Å². The molecular formula is C17H22N2O4S. The Hall–Kier alpha value is -2.28. The number of hydrogen-bond donors (Lipinski definition) is 2. The maximum Gasteiger partial charge on any atom is 0.317 e. The fourth-order valence-corrected chi connectivity index (χ4v) is 3.00. The molecule has 2 atom stereocenters. The molecule has 0 saturated carbocycles. The number of nitrogens with one attached hydrogen (secondary N) is 2. The van der Waals surface area contributed by atoms with E-state index in [9.17, 15) is 4.79 Å². The smallest absolute Gasteiger partial charge is 0.317 e. The van der Waals surface area contributed by atoms with Crippen molar-refractivity contribution < 1.29 is 19.0 Å². The minimum absolute atomic E-state index is 0.336. The number of ether oxygens (including phenoxy) is 3. The maximum absolute atomic E-state index is 12.4. The Labute approximate surface area is 147 Å². The number of esters is 1. The molecule has 0 radical (unpaired) electrons. The van der Waals surface area contributed by atoms with Crippen LogP contribution in [0.3, 0.4) is 0 Å². The molecule has 1 heterocycles. The summed E-state index contributed by atoms with van der Waals surface area (Å²) in [6, 6.07) is 5.17. The van der Waals surface area contributed by atoms with E-state index in [0.717, 1.165) is 17.7 Å². The molecule has 2 N–H and O–H groups in total. The van der Waals surface area contributed by atoms with Crippen LogP contribution >= 0.6 is 12.2 Å². The second-order valence-corrected chi connectivity index (χ2v) is 5.67. The number of benzene rings is 1. The molecule has 0 spiro atoms. The van der Waals surface area contributed by atoms with E-state index in [4.69, 9.17) is 26.4 Å². The van der Waals surface area contributed by atoms with Crippen LogP contribution in [0.5, 0.6) is 11.5 Å². The Kier molecular flexibility index (Phi) is 6.03. The summed E-state index contributed by atoms with van der Waals surface area (Å²) >= 11 is 5.29. The van der Waals surface area contributed by atoms with Gasteiger partial charge in [-0.1, -0.05) is 19.1 Å². The Bertz CT molecular complexity index is 660. The minimum atomic E-state index is -0.528. The quantitative estimate of drug-likeness (QED) is 0.624. The Morgan fingerprint density at radius 2 is 1.96 bits per heavy atom. The minimum Gasteiger partial charge on any atom is -0.493 e. The second kappa shape index (κ2) is 8.01. The van der Waals surface area contributed by atoms with Gasteiger partial charge in [-0.05, 0) is 36.3 Å². The zero-order valence-corrected chi connectivity index (χ0v) is 15.0. The summed E-state index contributed by atoms with van der Waals surface area (Å²) < 4.78 is 15.6. The second-order valence-electron chi connectivity index (χ2n) is 5.26. The summed E-state index contributed by atoms with van der Waals surface area (Å²) in [4.78, 5) is 12.4.